The van der Waals surface area contributed by atoms with Crippen LogP contribution in [0.1, 0.15) is 26.3 Å². The van der Waals surface area contributed by atoms with Gasteiger partial charge in [0.2, 0.25) is 0 Å². The van der Waals surface area contributed by atoms with Gasteiger partial charge in [0.15, 0.2) is 5.82 Å². The molecule has 0 aliphatic rings. The highest BCUT2D eigenvalue weighted by Crippen LogP contribution is 2.28. The van der Waals surface area contributed by atoms with E-state index in [9.17, 15) is 4.39 Å². The molecule has 3 N–H and O–H groups in total. The fraction of sp³-hybridized carbons (Fsp3) is 0.500. The van der Waals surface area contributed by atoms with Gasteiger partial charge in [-0.15, -0.1) is 0 Å². The van der Waals surface area contributed by atoms with E-state index in [2.05, 4.69) is 35.1 Å². The van der Waals surface area contributed by atoms with Gasteiger partial charge in [0.1, 0.15) is 4.99 Å². The fourth-order valence-corrected chi connectivity index (χ4v) is 2.56. The predicted octanol–water partition coefficient (Wildman–Crippen LogP) is 3.70. The zero-order chi connectivity index (χ0) is 15.3. The molecule has 20 heavy (non-hydrogen) atoms. The summed E-state index contributed by atoms with van der Waals surface area (Å²) in [5.74, 6) is -0.0764. The number of hydrogen-bond acceptors (Lipinski definition) is 3. The van der Waals surface area contributed by atoms with Gasteiger partial charge in [-0.25, -0.2) is 4.39 Å². The quantitative estimate of drug-likeness (QED) is 0.726. The van der Waals surface area contributed by atoms with Crippen LogP contribution in [0.25, 0.3) is 0 Å². The van der Waals surface area contributed by atoms with Crippen LogP contribution >= 0.6 is 28.1 Å². The van der Waals surface area contributed by atoms with Gasteiger partial charge < -0.3 is 15.8 Å². The summed E-state index contributed by atoms with van der Waals surface area (Å²) in [6, 6.07) is 3.39. The number of anilines is 1. The van der Waals surface area contributed by atoms with E-state index in [1.807, 2.05) is 6.92 Å². The second-order valence-electron chi connectivity index (χ2n) is 4.81. The Hall–Kier alpha value is -0.720. The Morgan fingerprint density at radius 1 is 1.50 bits per heavy atom. The second-order valence-corrected chi connectivity index (χ2v) is 6.04. The minimum atomic E-state index is -0.391. The van der Waals surface area contributed by atoms with E-state index in [0.29, 0.717) is 30.4 Å². The summed E-state index contributed by atoms with van der Waals surface area (Å²) in [6.45, 7) is 7.23. The molecule has 1 aromatic carbocycles. The Morgan fingerprint density at radius 3 is 2.65 bits per heavy atom. The van der Waals surface area contributed by atoms with Crippen molar-refractivity contribution in [3.63, 3.8) is 0 Å². The van der Waals surface area contributed by atoms with E-state index in [4.69, 9.17) is 22.7 Å². The maximum atomic E-state index is 14.3. The molecule has 0 heterocycles. The molecule has 1 atom stereocenters. The summed E-state index contributed by atoms with van der Waals surface area (Å²) in [5, 5.41) is 3.17. The van der Waals surface area contributed by atoms with Crippen molar-refractivity contribution in [1.82, 2.24) is 0 Å². The number of ether oxygens (including phenoxy) is 1. The Labute approximate surface area is 133 Å². The first-order chi connectivity index (χ1) is 9.38. The molecule has 0 amide bonds. The van der Waals surface area contributed by atoms with Crippen LogP contribution < -0.4 is 11.1 Å². The van der Waals surface area contributed by atoms with Crippen molar-refractivity contribution in [3.8, 4) is 0 Å². The molecule has 0 aliphatic heterocycles. The van der Waals surface area contributed by atoms with Crippen molar-refractivity contribution in [2.75, 3.05) is 18.5 Å². The Balaban J connectivity index is 2.96. The summed E-state index contributed by atoms with van der Waals surface area (Å²) in [5.41, 5.74) is 6.45. The lowest BCUT2D eigenvalue weighted by Crippen LogP contribution is -2.31. The average Bonchev–Trinajstić information content (AvgIpc) is 2.38. The second kappa shape index (κ2) is 7.90. The molecule has 1 rings (SSSR count). The molecular weight excluding hydrogens is 343 g/mol. The van der Waals surface area contributed by atoms with E-state index in [1.165, 1.54) is 0 Å². The molecular formula is C14H20BrFN2OS. The molecule has 0 saturated heterocycles. The smallest absolute Gasteiger partial charge is 0.161 e. The molecule has 0 bridgehead atoms. The lowest BCUT2D eigenvalue weighted by atomic mass is 10.0. The van der Waals surface area contributed by atoms with Crippen LogP contribution in [0.4, 0.5) is 10.1 Å². The van der Waals surface area contributed by atoms with E-state index in [-0.39, 0.29) is 15.5 Å². The lowest BCUT2D eigenvalue weighted by Gasteiger charge is -2.24. The van der Waals surface area contributed by atoms with Crippen LogP contribution in [0.3, 0.4) is 0 Å². The third-order valence-electron chi connectivity index (χ3n) is 2.99. The molecule has 6 heteroatoms. The highest BCUT2D eigenvalue weighted by Gasteiger charge is 2.18. The Bertz CT molecular complexity index is 482. The summed E-state index contributed by atoms with van der Waals surface area (Å²) in [6.07, 6.45) is 0. The van der Waals surface area contributed by atoms with Gasteiger partial charge in [-0.2, -0.15) is 0 Å². The maximum absolute atomic E-state index is 14.3. The van der Waals surface area contributed by atoms with Crippen molar-refractivity contribution in [2.45, 2.75) is 26.8 Å². The lowest BCUT2D eigenvalue weighted by molar-refractivity contribution is 0.126. The van der Waals surface area contributed by atoms with E-state index >= 15 is 0 Å². The van der Waals surface area contributed by atoms with Crippen molar-refractivity contribution in [3.05, 3.63) is 28.0 Å². The zero-order valence-corrected chi connectivity index (χ0v) is 14.3. The summed E-state index contributed by atoms with van der Waals surface area (Å²) in [7, 11) is 0. The van der Waals surface area contributed by atoms with Gasteiger partial charge in [-0.05, 0) is 40.9 Å². The monoisotopic (exact) mass is 362 g/mol. The van der Waals surface area contributed by atoms with Crippen LogP contribution in [0.5, 0.6) is 0 Å². The molecule has 0 fully saturated rings. The molecule has 1 unspecified atom stereocenters. The third kappa shape index (κ3) is 4.40. The first-order valence-electron chi connectivity index (χ1n) is 6.50. The van der Waals surface area contributed by atoms with Crippen molar-refractivity contribution < 1.29 is 9.13 Å². The van der Waals surface area contributed by atoms with Crippen LogP contribution in [0.15, 0.2) is 16.6 Å². The van der Waals surface area contributed by atoms with Crippen molar-refractivity contribution >= 4 is 38.8 Å². The molecule has 0 radical (unpaired) electrons. The highest BCUT2D eigenvalue weighted by molar-refractivity contribution is 9.10. The van der Waals surface area contributed by atoms with Gasteiger partial charge >= 0.3 is 0 Å². The van der Waals surface area contributed by atoms with Gasteiger partial charge in [0.25, 0.3) is 0 Å². The Kier molecular flexibility index (Phi) is 6.85. The van der Waals surface area contributed by atoms with Gasteiger partial charge in [-0.1, -0.05) is 26.1 Å². The maximum Gasteiger partial charge on any atom is 0.161 e. The number of thiocarbonyl (C=S) groups is 1. The summed E-state index contributed by atoms with van der Waals surface area (Å²) >= 11 is 8.08. The minimum absolute atomic E-state index is 0.0343. The first kappa shape index (κ1) is 17.3. The minimum Gasteiger partial charge on any atom is -0.389 e. The third-order valence-corrected chi connectivity index (χ3v) is 3.99. The SMILES string of the molecule is CCOCC(Nc1ccc(C(N)=S)c(Br)c1F)C(C)C. The van der Waals surface area contributed by atoms with Crippen LogP contribution in [0, 0.1) is 11.7 Å². The normalized spacial score (nSPS) is 12.5. The van der Waals surface area contributed by atoms with Crippen LogP contribution in [-0.2, 0) is 4.74 Å². The standard InChI is InChI=1S/C14H20BrFN2OS/c1-4-19-7-11(8(2)3)18-10-6-5-9(14(17)20)12(15)13(10)16/h5-6,8,11,18H,4,7H2,1-3H3,(H2,17,20). The van der Waals surface area contributed by atoms with Crippen molar-refractivity contribution in [1.29, 1.82) is 0 Å². The molecule has 0 aliphatic carbocycles. The largest absolute Gasteiger partial charge is 0.389 e. The molecule has 1 aromatic rings. The van der Waals surface area contributed by atoms with Crippen molar-refractivity contribution in [2.24, 2.45) is 11.7 Å². The molecule has 0 aromatic heterocycles. The van der Waals surface area contributed by atoms with Gasteiger partial charge in [0.05, 0.1) is 22.8 Å². The molecule has 0 spiro atoms. The number of nitrogens with one attached hydrogen (secondary N) is 1. The van der Waals surface area contributed by atoms with Crippen LogP contribution in [-0.4, -0.2) is 24.2 Å². The van der Waals surface area contributed by atoms with Gasteiger partial charge in [-0.3, -0.25) is 0 Å². The van der Waals surface area contributed by atoms with E-state index in [0.717, 1.165) is 0 Å². The van der Waals surface area contributed by atoms with E-state index in [1.54, 1.807) is 12.1 Å². The number of halogens is 2. The topological polar surface area (TPSA) is 47.3 Å². The molecule has 3 nitrogen and oxygen atoms in total. The fourth-order valence-electron chi connectivity index (χ4n) is 1.70. The zero-order valence-electron chi connectivity index (χ0n) is 11.9. The van der Waals surface area contributed by atoms with Gasteiger partial charge in [0, 0.05) is 12.2 Å². The number of hydrogen-bond donors (Lipinski definition) is 2. The first-order valence-corrected chi connectivity index (χ1v) is 7.70. The highest BCUT2D eigenvalue weighted by atomic mass is 79.9. The predicted molar refractivity (Wildman–Crippen MR) is 88.7 cm³/mol. The summed E-state index contributed by atoms with van der Waals surface area (Å²) < 4.78 is 20.0. The molecule has 0 saturated carbocycles. The summed E-state index contributed by atoms with van der Waals surface area (Å²) in [4.78, 5) is 0.164. The number of nitrogens with two attached hydrogens (primary N) is 1. The number of benzene rings is 1. The van der Waals surface area contributed by atoms with Crippen LogP contribution in [0.2, 0.25) is 0 Å². The Morgan fingerprint density at radius 2 is 2.15 bits per heavy atom. The number of rotatable bonds is 7. The van der Waals surface area contributed by atoms with E-state index < -0.39 is 5.82 Å². The molecule has 112 valence electrons. The average molecular weight is 363 g/mol.